The fourth-order valence-corrected chi connectivity index (χ4v) is 3.82. The summed E-state index contributed by atoms with van der Waals surface area (Å²) in [6, 6.07) is 5.11. The fraction of sp³-hybridized carbons (Fsp3) is 0.381. The number of urea groups is 1. The van der Waals surface area contributed by atoms with Gasteiger partial charge < -0.3 is 19.7 Å². The first-order chi connectivity index (χ1) is 16.0. The minimum Gasteiger partial charge on any atom is -0.466 e. The Labute approximate surface area is 188 Å². The zero-order valence-corrected chi connectivity index (χ0v) is 17.8. The number of esters is 1. The first-order valence-electron chi connectivity index (χ1n) is 10.5. The number of aromatic nitrogens is 2. The number of hydrogen-bond acceptors (Lipinski definition) is 10. The lowest BCUT2D eigenvalue weighted by molar-refractivity contribution is -0.148. The number of amides is 3. The van der Waals surface area contributed by atoms with Crippen LogP contribution >= 0.6 is 0 Å². The van der Waals surface area contributed by atoms with Crippen molar-refractivity contribution in [1.82, 2.24) is 20.6 Å². The van der Waals surface area contributed by atoms with Crippen molar-refractivity contribution in [1.29, 1.82) is 0 Å². The lowest BCUT2D eigenvalue weighted by atomic mass is 9.97. The van der Waals surface area contributed by atoms with Crippen molar-refractivity contribution in [3.05, 3.63) is 41.1 Å². The van der Waals surface area contributed by atoms with E-state index < -0.39 is 18.0 Å². The lowest BCUT2D eigenvalue weighted by Gasteiger charge is -2.31. The van der Waals surface area contributed by atoms with Gasteiger partial charge in [-0.15, -0.1) is 4.91 Å². The molecule has 2 aliphatic heterocycles. The van der Waals surface area contributed by atoms with Crippen molar-refractivity contribution in [3.8, 4) is 11.6 Å². The van der Waals surface area contributed by atoms with Crippen LogP contribution in [0, 0.1) is 10.8 Å². The Hall–Kier alpha value is -4.09. The zero-order valence-electron chi connectivity index (χ0n) is 17.8. The lowest BCUT2D eigenvalue weighted by Crippen LogP contribution is -2.37. The summed E-state index contributed by atoms with van der Waals surface area (Å²) in [5, 5.41) is 7.78. The summed E-state index contributed by atoms with van der Waals surface area (Å²) in [6.45, 7) is 3.13. The Morgan fingerprint density at radius 2 is 1.91 bits per heavy atom. The molecule has 2 saturated heterocycles. The molecule has 0 radical (unpaired) electrons. The molecule has 1 aromatic heterocycles. The van der Waals surface area contributed by atoms with Gasteiger partial charge in [0.25, 0.3) is 11.8 Å². The Kier molecular flexibility index (Phi) is 6.43. The van der Waals surface area contributed by atoms with Crippen LogP contribution in [0.15, 0.2) is 35.8 Å². The number of anilines is 1. The first-order valence-corrected chi connectivity index (χ1v) is 10.5. The van der Waals surface area contributed by atoms with E-state index in [1.54, 1.807) is 31.2 Å². The second kappa shape index (κ2) is 9.59. The molecular formula is C21H22N6O6. The molecule has 12 heteroatoms. The standard InChI is InChI=1S/C21H22N6O6/c1-2-32-20(29)13-7-9-27(10-8-13)17-16(26-31)19(23-11-22-17)33-14-5-3-12(4-6-14)15-18(28)25-21(30)24-15/h3-6,11,13,15H,2,7-10H2,1H3,(H2,24,25,28,30). The molecule has 172 valence electrons. The highest BCUT2D eigenvalue weighted by molar-refractivity contribution is 6.04. The van der Waals surface area contributed by atoms with E-state index in [1.165, 1.54) is 6.33 Å². The molecular weight excluding hydrogens is 432 g/mol. The van der Waals surface area contributed by atoms with Crippen molar-refractivity contribution in [2.45, 2.75) is 25.8 Å². The second-order valence-corrected chi connectivity index (χ2v) is 7.52. The molecule has 0 bridgehead atoms. The van der Waals surface area contributed by atoms with Crippen LogP contribution in [0.2, 0.25) is 0 Å². The summed E-state index contributed by atoms with van der Waals surface area (Å²) in [5.74, 6) is -0.152. The summed E-state index contributed by atoms with van der Waals surface area (Å²) in [6.07, 6.45) is 2.43. The minimum absolute atomic E-state index is 0.0119. The number of rotatable bonds is 7. The molecule has 2 N–H and O–H groups in total. The maximum Gasteiger partial charge on any atom is 0.322 e. The van der Waals surface area contributed by atoms with Crippen LogP contribution in [0.25, 0.3) is 0 Å². The van der Waals surface area contributed by atoms with E-state index in [9.17, 15) is 19.3 Å². The van der Waals surface area contributed by atoms with Gasteiger partial charge in [0.05, 0.1) is 12.5 Å². The Morgan fingerprint density at radius 3 is 2.52 bits per heavy atom. The van der Waals surface area contributed by atoms with Gasteiger partial charge in [0, 0.05) is 13.1 Å². The number of ether oxygens (including phenoxy) is 2. The van der Waals surface area contributed by atoms with Crippen LogP contribution in [0.1, 0.15) is 31.4 Å². The molecule has 2 aliphatic rings. The summed E-state index contributed by atoms with van der Waals surface area (Å²) in [4.78, 5) is 56.8. The fourth-order valence-electron chi connectivity index (χ4n) is 3.82. The third kappa shape index (κ3) is 4.73. The van der Waals surface area contributed by atoms with E-state index in [0.717, 1.165) is 0 Å². The van der Waals surface area contributed by atoms with Gasteiger partial charge in [0.1, 0.15) is 18.1 Å². The molecule has 12 nitrogen and oxygen atoms in total. The Balaban J connectivity index is 1.47. The molecule has 2 fully saturated rings. The van der Waals surface area contributed by atoms with Crippen LogP contribution in [0.3, 0.4) is 0 Å². The van der Waals surface area contributed by atoms with Crippen LogP contribution < -0.4 is 20.3 Å². The third-order valence-electron chi connectivity index (χ3n) is 5.48. The summed E-state index contributed by atoms with van der Waals surface area (Å²) >= 11 is 0. The van der Waals surface area contributed by atoms with Crippen molar-refractivity contribution in [2.24, 2.45) is 11.1 Å². The predicted octanol–water partition coefficient (Wildman–Crippen LogP) is 2.33. The van der Waals surface area contributed by atoms with Crippen LogP contribution in [-0.2, 0) is 14.3 Å². The van der Waals surface area contributed by atoms with E-state index in [2.05, 4.69) is 25.8 Å². The SMILES string of the molecule is CCOC(=O)C1CCN(c2ncnc(Oc3ccc(C4NC(=O)NC4=O)cc3)c2N=O)CC1. The molecule has 1 aromatic carbocycles. The van der Waals surface area contributed by atoms with Gasteiger partial charge in [-0.3, -0.25) is 14.9 Å². The van der Waals surface area contributed by atoms with Crippen molar-refractivity contribution >= 4 is 29.4 Å². The number of nitroso groups, excluding NO2 is 1. The van der Waals surface area contributed by atoms with Crippen molar-refractivity contribution < 1.29 is 23.9 Å². The van der Waals surface area contributed by atoms with Gasteiger partial charge in [-0.1, -0.05) is 12.1 Å². The van der Waals surface area contributed by atoms with Gasteiger partial charge in [0.15, 0.2) is 5.82 Å². The molecule has 0 aliphatic carbocycles. The van der Waals surface area contributed by atoms with Gasteiger partial charge >= 0.3 is 12.0 Å². The first kappa shape index (κ1) is 22.1. The second-order valence-electron chi connectivity index (χ2n) is 7.52. The van der Waals surface area contributed by atoms with Gasteiger partial charge in [0.2, 0.25) is 5.69 Å². The largest absolute Gasteiger partial charge is 0.466 e. The number of benzene rings is 1. The number of nitrogens with zero attached hydrogens (tertiary/aromatic N) is 4. The summed E-state index contributed by atoms with van der Waals surface area (Å²) in [5.41, 5.74) is 0.533. The van der Waals surface area contributed by atoms with Crippen LogP contribution in [0.5, 0.6) is 11.6 Å². The quantitative estimate of drug-likeness (QED) is 0.365. The van der Waals surface area contributed by atoms with Crippen molar-refractivity contribution in [2.75, 3.05) is 24.6 Å². The third-order valence-corrected chi connectivity index (χ3v) is 5.48. The molecule has 3 heterocycles. The van der Waals surface area contributed by atoms with E-state index in [0.29, 0.717) is 49.7 Å². The highest BCUT2D eigenvalue weighted by Crippen LogP contribution is 2.38. The minimum atomic E-state index is -0.776. The molecule has 1 atom stereocenters. The van der Waals surface area contributed by atoms with Crippen LogP contribution in [0.4, 0.5) is 16.3 Å². The highest BCUT2D eigenvalue weighted by atomic mass is 16.5. The van der Waals surface area contributed by atoms with Crippen LogP contribution in [-0.4, -0.2) is 47.6 Å². The molecule has 4 rings (SSSR count). The van der Waals surface area contributed by atoms with E-state index in [-0.39, 0.29) is 23.5 Å². The van der Waals surface area contributed by atoms with Gasteiger partial charge in [-0.2, -0.15) is 4.98 Å². The van der Waals surface area contributed by atoms with E-state index >= 15 is 0 Å². The average Bonchev–Trinajstić information content (AvgIpc) is 3.17. The average molecular weight is 454 g/mol. The highest BCUT2D eigenvalue weighted by Gasteiger charge is 2.31. The Morgan fingerprint density at radius 1 is 1.18 bits per heavy atom. The molecule has 3 amide bonds. The monoisotopic (exact) mass is 454 g/mol. The molecule has 1 unspecified atom stereocenters. The molecule has 0 saturated carbocycles. The van der Waals surface area contributed by atoms with Gasteiger partial charge in [-0.25, -0.2) is 9.78 Å². The number of carbonyl (C=O) groups excluding carboxylic acids is 3. The number of carbonyl (C=O) groups is 3. The maximum atomic E-state index is 12.0. The van der Waals surface area contributed by atoms with Crippen molar-refractivity contribution in [3.63, 3.8) is 0 Å². The zero-order chi connectivity index (χ0) is 23.4. The molecule has 33 heavy (non-hydrogen) atoms. The topological polar surface area (TPSA) is 152 Å². The van der Waals surface area contributed by atoms with Gasteiger partial charge in [-0.05, 0) is 42.6 Å². The van der Waals surface area contributed by atoms with E-state index in [1.807, 2.05) is 4.90 Å². The predicted molar refractivity (Wildman–Crippen MR) is 115 cm³/mol. The number of imide groups is 1. The number of nitrogens with one attached hydrogen (secondary N) is 2. The maximum absolute atomic E-state index is 12.0. The normalized spacial score (nSPS) is 18.5. The summed E-state index contributed by atoms with van der Waals surface area (Å²) in [7, 11) is 0. The smallest absolute Gasteiger partial charge is 0.322 e. The van der Waals surface area contributed by atoms with E-state index in [4.69, 9.17) is 9.47 Å². The molecule has 0 spiro atoms. The number of piperidine rings is 1. The Bertz CT molecular complexity index is 1070. The molecule has 2 aromatic rings. The summed E-state index contributed by atoms with van der Waals surface area (Å²) < 4.78 is 10.8. The number of hydrogen-bond donors (Lipinski definition) is 2.